The Morgan fingerprint density at radius 2 is 1.97 bits per heavy atom. The van der Waals surface area contributed by atoms with Crippen LogP contribution in [0.5, 0.6) is 0 Å². The molecule has 2 N–H and O–H groups in total. The fourth-order valence-electron chi connectivity index (χ4n) is 9.77. The highest BCUT2D eigenvalue weighted by atomic mass is 79.9. The third-order valence-electron chi connectivity index (χ3n) is 11.6. The molecule has 11 atom stereocenters. The highest BCUT2D eigenvalue weighted by Crippen LogP contribution is 2.69. The number of amides is 1. The van der Waals surface area contributed by atoms with Crippen molar-refractivity contribution in [1.29, 1.82) is 0 Å². The van der Waals surface area contributed by atoms with Crippen LogP contribution in [0.25, 0.3) is 0 Å². The SMILES string of the molecule is CCC(NC(=O)C[C@@H](C)C1CC[C@H]2C3[C@H](O[P+](=O)O)CC4CC(=O)CCC4(C)[C@H]3CCC12C)c1ccc(Br)s1. The number of hydrogen-bond acceptors (Lipinski definition) is 5. The number of Topliss-reactive ketones (excluding diaryl/α,β-unsaturated/α-hetero) is 1. The number of halogens is 1. The van der Waals surface area contributed by atoms with Gasteiger partial charge >= 0.3 is 8.25 Å². The van der Waals surface area contributed by atoms with Gasteiger partial charge in [-0.05, 0) is 119 Å². The largest absolute Gasteiger partial charge is 0.695 e. The van der Waals surface area contributed by atoms with Crippen LogP contribution in [0.2, 0.25) is 0 Å². The molecule has 0 saturated heterocycles. The lowest BCUT2D eigenvalue weighted by atomic mass is 9.44. The molecule has 6 nitrogen and oxygen atoms in total. The van der Waals surface area contributed by atoms with Gasteiger partial charge in [0.05, 0.1) is 9.83 Å². The predicted octanol–water partition coefficient (Wildman–Crippen LogP) is 7.98. The summed E-state index contributed by atoms with van der Waals surface area (Å²) >= 11 is 5.21. The summed E-state index contributed by atoms with van der Waals surface area (Å²) in [7, 11) is -2.70. The van der Waals surface area contributed by atoms with E-state index < -0.39 is 8.25 Å². The van der Waals surface area contributed by atoms with Crippen LogP contribution in [0.4, 0.5) is 0 Å². The second-order valence-electron chi connectivity index (χ2n) is 13.4. The van der Waals surface area contributed by atoms with Crippen molar-refractivity contribution in [1.82, 2.24) is 5.32 Å². The maximum Gasteiger partial charge on any atom is 0.695 e. The van der Waals surface area contributed by atoms with Crippen LogP contribution >= 0.6 is 35.5 Å². The summed E-state index contributed by atoms with van der Waals surface area (Å²) in [5.41, 5.74) is 0.177. The van der Waals surface area contributed by atoms with E-state index in [2.05, 4.69) is 55.0 Å². The van der Waals surface area contributed by atoms with Gasteiger partial charge in [-0.25, -0.2) is 0 Å². The zero-order valence-electron chi connectivity index (χ0n) is 23.7. The summed E-state index contributed by atoms with van der Waals surface area (Å²) in [4.78, 5) is 36.6. The topological polar surface area (TPSA) is 92.7 Å². The minimum atomic E-state index is -2.70. The zero-order chi connectivity index (χ0) is 28.1. The molecular formula is C30H44BrNO5PS+. The van der Waals surface area contributed by atoms with Gasteiger partial charge in [-0.1, -0.05) is 27.7 Å². The molecule has 4 aliphatic rings. The summed E-state index contributed by atoms with van der Waals surface area (Å²) in [5.74, 6) is 2.44. The number of rotatable bonds is 8. The van der Waals surface area contributed by atoms with Crippen LogP contribution in [0.1, 0.15) is 103 Å². The first kappa shape index (κ1) is 29.8. The van der Waals surface area contributed by atoms with Gasteiger partial charge in [0.2, 0.25) is 5.91 Å². The van der Waals surface area contributed by atoms with Gasteiger partial charge < -0.3 is 5.32 Å². The lowest BCUT2D eigenvalue weighted by Crippen LogP contribution is -2.58. The Balaban J connectivity index is 1.32. The Morgan fingerprint density at radius 3 is 2.64 bits per heavy atom. The molecule has 1 aromatic rings. The number of fused-ring (bicyclic) bond motifs is 5. The number of carbonyl (C=O) groups is 2. The summed E-state index contributed by atoms with van der Waals surface area (Å²) in [5, 5.41) is 3.29. The van der Waals surface area contributed by atoms with Crippen molar-refractivity contribution in [3.05, 3.63) is 20.8 Å². The third kappa shape index (κ3) is 5.59. The smallest absolute Gasteiger partial charge is 0.348 e. The Labute approximate surface area is 246 Å². The maximum atomic E-state index is 13.2. The Hall–Kier alpha value is -0.660. The van der Waals surface area contributed by atoms with Crippen molar-refractivity contribution >= 4 is 47.2 Å². The monoisotopic (exact) mass is 640 g/mol. The number of thiophene rings is 1. The van der Waals surface area contributed by atoms with Gasteiger partial charge in [0.15, 0.2) is 0 Å². The van der Waals surface area contributed by atoms with Crippen molar-refractivity contribution < 1.29 is 23.6 Å². The van der Waals surface area contributed by atoms with E-state index in [0.29, 0.717) is 49.2 Å². The Kier molecular flexibility index (Phi) is 8.83. The second-order valence-corrected chi connectivity index (χ2v) is 16.6. The first-order valence-corrected chi connectivity index (χ1v) is 17.6. The molecule has 1 amide bonds. The van der Waals surface area contributed by atoms with Gasteiger partial charge in [0.1, 0.15) is 11.9 Å². The normalized spacial score (nSPS) is 39.7. The van der Waals surface area contributed by atoms with Gasteiger partial charge in [-0.2, -0.15) is 0 Å². The quantitative estimate of drug-likeness (QED) is 0.281. The van der Waals surface area contributed by atoms with Crippen LogP contribution in [0, 0.1) is 46.3 Å². The molecule has 5 rings (SSSR count). The van der Waals surface area contributed by atoms with E-state index in [9.17, 15) is 19.0 Å². The Morgan fingerprint density at radius 1 is 1.23 bits per heavy atom. The molecule has 0 bridgehead atoms. The highest BCUT2D eigenvalue weighted by Gasteiger charge is 2.64. The van der Waals surface area contributed by atoms with Gasteiger partial charge in [0, 0.05) is 28.7 Å². The Bertz CT molecular complexity index is 1110. The standard InChI is InChI=1S/C30H43BrNO5PS/c1-5-23(25-8-9-26(31)39-25)32-27(34)14-17(2)20-6-7-21-28-22(11-13-30(20,21)4)29(3)12-10-19(33)15-18(29)16-24(28)37-38(35)36/h8-9,17-18,20-24,28H,5-7,10-16H2,1-4H3,(H-,32,34,35,36)/p+1/t17-,18?,20?,21+,22+,23?,24-,28?,29?,30?/m1/s1. The predicted molar refractivity (Wildman–Crippen MR) is 157 cm³/mol. The van der Waals surface area contributed by atoms with E-state index in [1.165, 1.54) is 4.88 Å². The number of carbonyl (C=O) groups excluding carboxylic acids is 2. The van der Waals surface area contributed by atoms with Crippen molar-refractivity contribution in [2.75, 3.05) is 0 Å². The molecular weight excluding hydrogens is 597 g/mol. The van der Waals surface area contributed by atoms with E-state index in [0.717, 1.165) is 42.3 Å². The molecule has 216 valence electrons. The molecule has 39 heavy (non-hydrogen) atoms. The fourth-order valence-corrected chi connectivity index (χ4v) is 11.8. The van der Waals surface area contributed by atoms with Crippen molar-refractivity contribution in [3.63, 3.8) is 0 Å². The number of nitrogens with one attached hydrogen (secondary N) is 1. The van der Waals surface area contributed by atoms with Crippen LogP contribution in [0.15, 0.2) is 15.9 Å². The molecule has 0 spiro atoms. The fraction of sp³-hybridized carbons (Fsp3) is 0.800. The van der Waals surface area contributed by atoms with E-state index in [1.54, 1.807) is 11.3 Å². The van der Waals surface area contributed by atoms with Crippen LogP contribution in [-0.2, 0) is 18.7 Å². The molecule has 0 radical (unpaired) electrons. The van der Waals surface area contributed by atoms with Crippen molar-refractivity contribution in [2.45, 2.75) is 104 Å². The van der Waals surface area contributed by atoms with Crippen molar-refractivity contribution in [2.24, 2.45) is 46.3 Å². The van der Waals surface area contributed by atoms with Crippen molar-refractivity contribution in [3.8, 4) is 0 Å². The lowest BCUT2D eigenvalue weighted by molar-refractivity contribution is -0.164. The summed E-state index contributed by atoms with van der Waals surface area (Å²) in [6, 6.07) is 4.17. The van der Waals surface area contributed by atoms with E-state index >= 15 is 0 Å². The van der Waals surface area contributed by atoms with Crippen LogP contribution in [0.3, 0.4) is 0 Å². The van der Waals surface area contributed by atoms with Crippen LogP contribution in [-0.4, -0.2) is 22.7 Å². The molecule has 0 aromatic carbocycles. The van der Waals surface area contributed by atoms with Gasteiger partial charge in [-0.15, -0.1) is 20.8 Å². The molecule has 1 aromatic heterocycles. The van der Waals surface area contributed by atoms with E-state index in [1.807, 2.05) is 6.07 Å². The molecule has 0 aliphatic heterocycles. The summed E-state index contributed by atoms with van der Waals surface area (Å²) in [6.07, 6.45) is 8.34. The first-order chi connectivity index (χ1) is 18.5. The first-order valence-electron chi connectivity index (χ1n) is 14.9. The van der Waals surface area contributed by atoms with Crippen LogP contribution < -0.4 is 5.32 Å². The third-order valence-corrected chi connectivity index (χ3v) is 13.8. The van der Waals surface area contributed by atoms with Gasteiger partial charge in [-0.3, -0.25) is 9.59 Å². The second kappa shape index (κ2) is 11.6. The lowest BCUT2D eigenvalue weighted by Gasteiger charge is -2.61. The minimum absolute atomic E-state index is 0.0417. The number of ketones is 1. The molecule has 9 heteroatoms. The van der Waals surface area contributed by atoms with E-state index in [4.69, 9.17) is 4.52 Å². The molecule has 7 unspecified atom stereocenters. The molecule has 4 aliphatic carbocycles. The average molecular weight is 642 g/mol. The maximum absolute atomic E-state index is 13.2. The highest BCUT2D eigenvalue weighted by molar-refractivity contribution is 9.11. The number of hydrogen-bond donors (Lipinski definition) is 2. The van der Waals surface area contributed by atoms with Gasteiger partial charge in [0.25, 0.3) is 0 Å². The molecule has 4 fully saturated rings. The summed E-state index contributed by atoms with van der Waals surface area (Å²) < 4.78 is 18.8. The van der Waals surface area contributed by atoms with E-state index in [-0.39, 0.29) is 46.6 Å². The summed E-state index contributed by atoms with van der Waals surface area (Å²) in [6.45, 7) is 9.16. The molecule has 1 heterocycles. The minimum Gasteiger partial charge on any atom is -0.348 e. The average Bonchev–Trinajstić information content (AvgIpc) is 3.46. The zero-order valence-corrected chi connectivity index (χ0v) is 27.0. The molecule has 4 saturated carbocycles.